The number of rotatable bonds is 7. The Labute approximate surface area is 133 Å². The van der Waals surface area contributed by atoms with Gasteiger partial charge in [-0.3, -0.25) is 0 Å². The average Bonchev–Trinajstić information content (AvgIpc) is 2.57. The second-order valence-electron chi connectivity index (χ2n) is 5.26. The van der Waals surface area contributed by atoms with Crippen LogP contribution in [0.1, 0.15) is 5.56 Å². The maximum absolute atomic E-state index is 11.8. The van der Waals surface area contributed by atoms with Gasteiger partial charge in [-0.05, 0) is 22.4 Å². The lowest BCUT2D eigenvalue weighted by Gasteiger charge is -2.10. The van der Waals surface area contributed by atoms with Crippen molar-refractivity contribution in [3.05, 3.63) is 58.4 Å². The number of hydrogen-bond donors (Lipinski definition) is 2. The van der Waals surface area contributed by atoms with Crippen molar-refractivity contribution < 1.29 is 14.3 Å². The Morgan fingerprint density at radius 3 is 2.87 bits per heavy atom. The van der Waals surface area contributed by atoms with E-state index >= 15 is 0 Å². The summed E-state index contributed by atoms with van der Waals surface area (Å²) in [6.07, 6.45) is 0. The first-order chi connectivity index (χ1) is 11.3. The molecule has 0 atom stereocenters. The van der Waals surface area contributed by atoms with Gasteiger partial charge in [0.25, 0.3) is 0 Å². The van der Waals surface area contributed by atoms with Crippen LogP contribution in [-0.4, -0.2) is 31.5 Å². The molecule has 0 spiro atoms. The predicted octanol–water partition coefficient (Wildman–Crippen LogP) is 2.04. The van der Waals surface area contributed by atoms with Gasteiger partial charge >= 0.3 is 5.63 Å². The van der Waals surface area contributed by atoms with Crippen LogP contribution in [-0.2, 0) is 11.3 Å². The van der Waals surface area contributed by atoms with E-state index in [0.717, 1.165) is 21.7 Å². The fraction of sp³-hybridized carbons (Fsp3) is 0.278. The van der Waals surface area contributed by atoms with Gasteiger partial charge in [-0.25, -0.2) is 4.79 Å². The molecule has 0 aliphatic rings. The van der Waals surface area contributed by atoms with Gasteiger partial charge < -0.3 is 19.6 Å². The van der Waals surface area contributed by atoms with Gasteiger partial charge in [-0.1, -0.05) is 30.3 Å². The van der Waals surface area contributed by atoms with Crippen LogP contribution in [0.3, 0.4) is 0 Å². The van der Waals surface area contributed by atoms with Crippen molar-refractivity contribution in [3.8, 4) is 0 Å². The van der Waals surface area contributed by atoms with Crippen molar-refractivity contribution in [2.45, 2.75) is 6.54 Å². The third kappa shape index (κ3) is 3.59. The van der Waals surface area contributed by atoms with E-state index in [1.807, 2.05) is 36.4 Å². The molecule has 0 aliphatic carbocycles. The summed E-state index contributed by atoms with van der Waals surface area (Å²) in [5.74, 6) is 0. The fourth-order valence-electron chi connectivity index (χ4n) is 2.69. The molecular formula is C18H19NO4. The molecule has 0 amide bonds. The quantitative estimate of drug-likeness (QED) is 0.397. The molecule has 1 heterocycles. The third-order valence-electron chi connectivity index (χ3n) is 3.69. The normalized spacial score (nSPS) is 11.3. The van der Waals surface area contributed by atoms with Crippen LogP contribution in [0.5, 0.6) is 0 Å². The molecule has 0 saturated heterocycles. The summed E-state index contributed by atoms with van der Waals surface area (Å²) in [5.41, 5.74) is 1.17. The van der Waals surface area contributed by atoms with Gasteiger partial charge in [0.1, 0.15) is 5.58 Å². The van der Waals surface area contributed by atoms with E-state index in [4.69, 9.17) is 14.3 Å². The van der Waals surface area contributed by atoms with E-state index in [0.29, 0.717) is 31.9 Å². The van der Waals surface area contributed by atoms with Gasteiger partial charge in [0, 0.05) is 24.5 Å². The summed E-state index contributed by atoms with van der Waals surface area (Å²) in [6.45, 7) is 2.08. The molecule has 0 radical (unpaired) electrons. The molecule has 3 aromatic rings. The lowest BCUT2D eigenvalue weighted by atomic mass is 10.0. The van der Waals surface area contributed by atoms with Crippen molar-refractivity contribution in [3.63, 3.8) is 0 Å². The zero-order valence-corrected chi connectivity index (χ0v) is 12.7. The Bertz CT molecular complexity index is 856. The molecule has 1 aromatic heterocycles. The van der Waals surface area contributed by atoms with Crippen LogP contribution >= 0.6 is 0 Å². The number of aliphatic hydroxyl groups is 1. The van der Waals surface area contributed by atoms with Crippen LogP contribution in [0, 0.1) is 0 Å². The Balaban J connectivity index is 1.89. The molecule has 0 bridgehead atoms. The van der Waals surface area contributed by atoms with Gasteiger partial charge in [0.15, 0.2) is 0 Å². The average molecular weight is 313 g/mol. The minimum absolute atomic E-state index is 0.0242. The van der Waals surface area contributed by atoms with Crippen molar-refractivity contribution in [1.82, 2.24) is 5.32 Å². The number of fused-ring (bicyclic) bond motifs is 3. The van der Waals surface area contributed by atoms with E-state index in [2.05, 4.69) is 5.32 Å². The molecule has 0 saturated carbocycles. The summed E-state index contributed by atoms with van der Waals surface area (Å²) < 4.78 is 10.5. The van der Waals surface area contributed by atoms with Crippen LogP contribution in [0.2, 0.25) is 0 Å². The van der Waals surface area contributed by atoms with Gasteiger partial charge in [0.05, 0.1) is 19.8 Å². The molecule has 23 heavy (non-hydrogen) atoms. The van der Waals surface area contributed by atoms with E-state index in [1.54, 1.807) is 0 Å². The molecule has 2 aromatic carbocycles. The maximum atomic E-state index is 11.8. The zero-order chi connectivity index (χ0) is 16.1. The number of nitrogens with one attached hydrogen (secondary N) is 1. The van der Waals surface area contributed by atoms with Gasteiger partial charge in [0.2, 0.25) is 0 Å². The highest BCUT2D eigenvalue weighted by molar-refractivity contribution is 6.07. The monoisotopic (exact) mass is 313 g/mol. The van der Waals surface area contributed by atoms with E-state index in [9.17, 15) is 4.79 Å². The molecule has 2 N–H and O–H groups in total. The maximum Gasteiger partial charge on any atom is 0.336 e. The zero-order valence-electron chi connectivity index (χ0n) is 12.7. The highest BCUT2D eigenvalue weighted by Crippen LogP contribution is 2.27. The molecule has 0 fully saturated rings. The minimum Gasteiger partial charge on any atom is -0.423 e. The molecule has 5 nitrogen and oxygen atoms in total. The Kier molecular flexibility index (Phi) is 5.02. The number of hydrogen-bond acceptors (Lipinski definition) is 5. The summed E-state index contributed by atoms with van der Waals surface area (Å²) >= 11 is 0. The van der Waals surface area contributed by atoms with Gasteiger partial charge in [-0.15, -0.1) is 0 Å². The predicted molar refractivity (Wildman–Crippen MR) is 89.6 cm³/mol. The summed E-state index contributed by atoms with van der Waals surface area (Å²) in [4.78, 5) is 11.8. The first kappa shape index (κ1) is 15.7. The topological polar surface area (TPSA) is 71.7 Å². The molecule has 3 rings (SSSR count). The lowest BCUT2D eigenvalue weighted by molar-refractivity contribution is 0.0938. The lowest BCUT2D eigenvalue weighted by Crippen LogP contribution is -2.20. The third-order valence-corrected chi connectivity index (χ3v) is 3.69. The fourth-order valence-corrected chi connectivity index (χ4v) is 2.69. The molecule has 0 aliphatic heterocycles. The van der Waals surface area contributed by atoms with Crippen molar-refractivity contribution in [2.75, 3.05) is 26.4 Å². The molecular weight excluding hydrogens is 294 g/mol. The van der Waals surface area contributed by atoms with Crippen LogP contribution in [0.4, 0.5) is 0 Å². The summed E-state index contributed by atoms with van der Waals surface area (Å²) in [7, 11) is 0. The standard InChI is InChI=1S/C18H19NO4/c20-8-10-22-9-7-19-12-14-11-17(21)23-16-6-5-13-3-1-2-4-15(13)18(14)16/h1-6,11,19-20H,7-10,12H2. The second kappa shape index (κ2) is 7.37. The van der Waals surface area contributed by atoms with Crippen LogP contribution < -0.4 is 10.9 Å². The summed E-state index contributed by atoms with van der Waals surface area (Å²) in [6, 6.07) is 13.4. The van der Waals surface area contributed by atoms with E-state index in [-0.39, 0.29) is 12.2 Å². The van der Waals surface area contributed by atoms with Crippen molar-refractivity contribution in [1.29, 1.82) is 0 Å². The Morgan fingerprint density at radius 2 is 2.00 bits per heavy atom. The van der Waals surface area contributed by atoms with Gasteiger partial charge in [-0.2, -0.15) is 0 Å². The smallest absolute Gasteiger partial charge is 0.336 e. The minimum atomic E-state index is -0.346. The highest BCUT2D eigenvalue weighted by atomic mass is 16.5. The summed E-state index contributed by atoms with van der Waals surface area (Å²) in [5, 5.41) is 15.1. The number of aliphatic hydroxyl groups excluding tert-OH is 1. The molecule has 5 heteroatoms. The van der Waals surface area contributed by atoms with Crippen molar-refractivity contribution >= 4 is 21.7 Å². The number of benzene rings is 2. The number of ether oxygens (including phenoxy) is 1. The SMILES string of the molecule is O=c1cc(CNCCOCCO)c2c(ccc3ccccc32)o1. The largest absolute Gasteiger partial charge is 0.423 e. The molecule has 120 valence electrons. The second-order valence-corrected chi connectivity index (χ2v) is 5.26. The first-order valence-electron chi connectivity index (χ1n) is 7.63. The Morgan fingerprint density at radius 1 is 1.13 bits per heavy atom. The van der Waals surface area contributed by atoms with Crippen LogP contribution in [0.25, 0.3) is 21.7 Å². The van der Waals surface area contributed by atoms with E-state index < -0.39 is 0 Å². The van der Waals surface area contributed by atoms with Crippen LogP contribution in [0.15, 0.2) is 51.7 Å². The van der Waals surface area contributed by atoms with E-state index in [1.165, 1.54) is 6.07 Å². The van der Waals surface area contributed by atoms with Crippen molar-refractivity contribution in [2.24, 2.45) is 0 Å². The molecule has 0 unspecified atom stereocenters. The first-order valence-corrected chi connectivity index (χ1v) is 7.63. The Hall–Kier alpha value is -2.21. The highest BCUT2D eigenvalue weighted by Gasteiger charge is 2.09.